The minimum Gasteiger partial charge on any atom is -0.369 e. The Morgan fingerprint density at radius 1 is 1.17 bits per heavy atom. The van der Waals surface area contributed by atoms with E-state index >= 15 is 0 Å². The Hall–Kier alpha value is -3.13. The van der Waals surface area contributed by atoms with E-state index in [2.05, 4.69) is 20.4 Å². The van der Waals surface area contributed by atoms with E-state index in [9.17, 15) is 8.42 Å². The third-order valence-electron chi connectivity index (χ3n) is 4.02. The van der Waals surface area contributed by atoms with E-state index in [1.54, 1.807) is 41.6 Å². The fourth-order valence-electron chi connectivity index (χ4n) is 2.73. The van der Waals surface area contributed by atoms with Crippen LogP contribution in [-0.2, 0) is 16.7 Å². The maximum atomic E-state index is 11.0. The van der Waals surface area contributed by atoms with Crippen LogP contribution in [-0.4, -0.2) is 29.8 Å². The normalized spacial score (nSPS) is 11.1. The molecule has 9 nitrogen and oxygen atoms in total. The molecule has 1 aromatic heterocycles. The van der Waals surface area contributed by atoms with Gasteiger partial charge in [-0.1, -0.05) is 17.7 Å². The molecule has 0 unspecified atom stereocenters. The Kier molecular flexibility index (Phi) is 6.33. The summed E-state index contributed by atoms with van der Waals surface area (Å²) in [6, 6.07) is 14.2. The smallest absolute Gasteiger partial charge is 0.369 e. The van der Waals surface area contributed by atoms with Crippen molar-refractivity contribution in [3.63, 3.8) is 0 Å². The van der Waals surface area contributed by atoms with E-state index in [0.717, 1.165) is 17.7 Å². The summed E-state index contributed by atoms with van der Waals surface area (Å²) in [5.74, 6) is -0.0124. The second-order valence-corrected chi connectivity index (χ2v) is 7.63. The summed E-state index contributed by atoms with van der Waals surface area (Å²) >= 11 is 6.08. The van der Waals surface area contributed by atoms with Crippen LogP contribution in [0.4, 0.5) is 5.69 Å². The molecule has 0 aliphatic carbocycles. The molecular formula is C18H17ClN6O3S. The molecule has 1 heterocycles. The Morgan fingerprint density at radius 3 is 2.45 bits per heavy atom. The standard InChI is InChI=1S/C18H17ClN6O3S/c19-17-10-14(5-8-18(17)28-29(21,26)27)2-1-9-25(24-12-22-23-13-24)16-6-3-15(11-20)4-7-16/h3-8,10,12-13H,1-2,9H2,(H2,21,26,27). The first kappa shape index (κ1) is 20.6. The van der Waals surface area contributed by atoms with Gasteiger partial charge in [0.1, 0.15) is 12.7 Å². The quantitative estimate of drug-likeness (QED) is 0.578. The average molecular weight is 433 g/mol. The third kappa shape index (κ3) is 5.68. The molecule has 0 fully saturated rings. The molecule has 3 aromatic rings. The highest BCUT2D eigenvalue weighted by Gasteiger charge is 2.12. The molecule has 3 rings (SSSR count). The maximum Gasteiger partial charge on any atom is 0.380 e. The maximum absolute atomic E-state index is 11.0. The van der Waals surface area contributed by atoms with Crippen LogP contribution in [0.5, 0.6) is 5.75 Å². The van der Waals surface area contributed by atoms with Crippen LogP contribution in [0.25, 0.3) is 0 Å². The molecule has 150 valence electrons. The molecule has 0 saturated carbocycles. The number of hydrogen-bond acceptors (Lipinski definition) is 7. The summed E-state index contributed by atoms with van der Waals surface area (Å²) in [4.78, 5) is 0. The average Bonchev–Trinajstić information content (AvgIpc) is 3.21. The van der Waals surface area contributed by atoms with Crippen molar-refractivity contribution in [3.05, 3.63) is 71.3 Å². The van der Waals surface area contributed by atoms with Crippen molar-refractivity contribution in [1.29, 1.82) is 5.26 Å². The van der Waals surface area contributed by atoms with Crippen LogP contribution in [0.1, 0.15) is 17.5 Å². The number of nitriles is 1. The molecule has 0 saturated heterocycles. The molecule has 0 amide bonds. The van der Waals surface area contributed by atoms with Crippen LogP contribution in [0.3, 0.4) is 0 Å². The summed E-state index contributed by atoms with van der Waals surface area (Å²) < 4.78 is 28.5. The molecule has 11 heteroatoms. The van der Waals surface area contributed by atoms with Gasteiger partial charge in [0.2, 0.25) is 0 Å². The number of aromatic nitrogens is 3. The second-order valence-electron chi connectivity index (χ2n) is 6.07. The zero-order valence-corrected chi connectivity index (χ0v) is 16.7. The Balaban J connectivity index is 1.69. The van der Waals surface area contributed by atoms with Crippen molar-refractivity contribution in [1.82, 2.24) is 14.9 Å². The lowest BCUT2D eigenvalue weighted by Crippen LogP contribution is -2.29. The number of hydrogen-bond donors (Lipinski definition) is 1. The van der Waals surface area contributed by atoms with Gasteiger partial charge in [0.25, 0.3) is 0 Å². The van der Waals surface area contributed by atoms with Crippen molar-refractivity contribution in [2.45, 2.75) is 12.8 Å². The van der Waals surface area contributed by atoms with Crippen LogP contribution in [0.2, 0.25) is 5.02 Å². The molecule has 0 atom stereocenters. The number of benzene rings is 2. The van der Waals surface area contributed by atoms with Gasteiger partial charge >= 0.3 is 10.3 Å². The minimum atomic E-state index is -4.13. The first-order valence-corrected chi connectivity index (χ1v) is 10.3. The van der Waals surface area contributed by atoms with Crippen molar-refractivity contribution < 1.29 is 12.6 Å². The molecular weight excluding hydrogens is 416 g/mol. The van der Waals surface area contributed by atoms with E-state index < -0.39 is 10.3 Å². The predicted octanol–water partition coefficient (Wildman–Crippen LogP) is 2.29. The van der Waals surface area contributed by atoms with Gasteiger partial charge in [-0.3, -0.25) is 5.01 Å². The molecule has 2 aromatic carbocycles. The van der Waals surface area contributed by atoms with Gasteiger partial charge in [-0.25, -0.2) is 4.68 Å². The van der Waals surface area contributed by atoms with Crippen molar-refractivity contribution in [2.24, 2.45) is 5.14 Å². The topological polar surface area (TPSA) is 127 Å². The summed E-state index contributed by atoms with van der Waals surface area (Å²) in [5.41, 5.74) is 2.38. The van der Waals surface area contributed by atoms with Crippen molar-refractivity contribution in [2.75, 3.05) is 11.6 Å². The molecule has 29 heavy (non-hydrogen) atoms. The number of aryl methyl sites for hydroxylation is 1. The van der Waals surface area contributed by atoms with Gasteiger partial charge in [-0.15, -0.1) is 10.2 Å². The van der Waals surface area contributed by atoms with Gasteiger partial charge in [0, 0.05) is 6.54 Å². The SMILES string of the molecule is N#Cc1ccc(N(CCCc2ccc(OS(N)(=O)=O)c(Cl)c2)n2cnnc2)cc1. The molecule has 0 spiro atoms. The lowest BCUT2D eigenvalue weighted by atomic mass is 10.1. The largest absolute Gasteiger partial charge is 0.380 e. The first-order chi connectivity index (χ1) is 13.9. The minimum absolute atomic E-state index is 0.0124. The van der Waals surface area contributed by atoms with Gasteiger partial charge in [0.15, 0.2) is 5.75 Å². The van der Waals surface area contributed by atoms with Gasteiger partial charge in [-0.05, 0) is 54.8 Å². The fraction of sp³-hybridized carbons (Fsp3) is 0.167. The second kappa shape index (κ2) is 8.91. The van der Waals surface area contributed by atoms with Crippen LogP contribution in [0, 0.1) is 11.3 Å². The highest BCUT2D eigenvalue weighted by atomic mass is 35.5. The number of nitrogens with zero attached hydrogens (tertiary/aromatic N) is 5. The fourth-order valence-corrected chi connectivity index (χ4v) is 3.41. The Morgan fingerprint density at radius 2 is 1.86 bits per heavy atom. The van der Waals surface area contributed by atoms with Gasteiger partial charge in [-0.2, -0.15) is 18.8 Å². The zero-order chi connectivity index (χ0) is 20.9. The summed E-state index contributed by atoms with van der Waals surface area (Å²) in [6.07, 6.45) is 4.62. The highest BCUT2D eigenvalue weighted by molar-refractivity contribution is 7.84. The van der Waals surface area contributed by atoms with Crippen LogP contribution < -0.4 is 14.3 Å². The van der Waals surface area contributed by atoms with Crippen LogP contribution in [0.15, 0.2) is 55.1 Å². The highest BCUT2D eigenvalue weighted by Crippen LogP contribution is 2.27. The first-order valence-electron chi connectivity index (χ1n) is 8.49. The van der Waals surface area contributed by atoms with Crippen molar-refractivity contribution in [3.8, 4) is 11.8 Å². The van der Waals surface area contributed by atoms with Crippen molar-refractivity contribution >= 4 is 27.6 Å². The molecule has 0 aliphatic heterocycles. The monoisotopic (exact) mass is 432 g/mol. The lowest BCUT2D eigenvalue weighted by Gasteiger charge is -2.25. The molecule has 2 N–H and O–H groups in total. The zero-order valence-electron chi connectivity index (χ0n) is 15.1. The summed E-state index contributed by atoms with van der Waals surface area (Å²) in [5, 5.41) is 23.7. The Labute approximate surface area is 173 Å². The number of nitrogens with two attached hydrogens (primary N) is 1. The van der Waals surface area contributed by atoms with Crippen LogP contribution >= 0.6 is 11.6 Å². The number of anilines is 1. The summed E-state index contributed by atoms with van der Waals surface area (Å²) in [7, 11) is -4.13. The van der Waals surface area contributed by atoms with E-state index in [0.29, 0.717) is 18.5 Å². The third-order valence-corrected chi connectivity index (χ3v) is 4.72. The van der Waals surface area contributed by atoms with E-state index in [1.807, 2.05) is 17.1 Å². The van der Waals surface area contributed by atoms with E-state index in [-0.39, 0.29) is 10.8 Å². The summed E-state index contributed by atoms with van der Waals surface area (Å²) in [6.45, 7) is 0.636. The number of halogens is 1. The van der Waals surface area contributed by atoms with Gasteiger partial charge < -0.3 is 4.18 Å². The molecule has 0 radical (unpaired) electrons. The van der Waals surface area contributed by atoms with E-state index in [4.69, 9.17) is 22.0 Å². The number of rotatable bonds is 8. The molecule has 0 bridgehead atoms. The molecule has 0 aliphatic rings. The van der Waals surface area contributed by atoms with Gasteiger partial charge in [0.05, 0.1) is 22.3 Å². The predicted molar refractivity (Wildman–Crippen MR) is 107 cm³/mol. The van der Waals surface area contributed by atoms with E-state index in [1.165, 1.54) is 6.07 Å². The lowest BCUT2D eigenvalue weighted by molar-refractivity contribution is 0.487. The Bertz CT molecular complexity index is 1110.